The lowest BCUT2D eigenvalue weighted by molar-refractivity contribution is 0.485. The van der Waals surface area contributed by atoms with Crippen molar-refractivity contribution in [1.82, 2.24) is 28.3 Å². The minimum absolute atomic E-state index is 0.183. The molecule has 0 atom stereocenters. The number of hydrogen-bond donors (Lipinski definition) is 1. The number of nitrogens with one attached hydrogen (secondary N) is 1. The second kappa shape index (κ2) is 9.24. The van der Waals surface area contributed by atoms with Gasteiger partial charge in [-0.3, -0.25) is 9.25 Å². The van der Waals surface area contributed by atoms with Crippen LogP contribution in [0.1, 0.15) is 11.3 Å². The first-order chi connectivity index (χ1) is 17.2. The van der Waals surface area contributed by atoms with Gasteiger partial charge in [-0.1, -0.05) is 11.6 Å². The fourth-order valence-corrected chi connectivity index (χ4v) is 4.36. The van der Waals surface area contributed by atoms with Gasteiger partial charge in [0.05, 0.1) is 35.0 Å². The van der Waals surface area contributed by atoms with E-state index >= 15 is 0 Å². The van der Waals surface area contributed by atoms with Gasteiger partial charge in [0.25, 0.3) is 0 Å². The number of nitrogens with zero attached hydrogens (tertiary/aromatic N) is 6. The highest BCUT2D eigenvalue weighted by Crippen LogP contribution is 2.29. The van der Waals surface area contributed by atoms with Crippen LogP contribution in [0.4, 0.5) is 24.8 Å². The molecule has 3 aromatic heterocycles. The molecule has 0 aliphatic carbocycles. The van der Waals surface area contributed by atoms with E-state index in [4.69, 9.17) is 11.6 Å². The van der Waals surface area contributed by atoms with Crippen LogP contribution in [-0.2, 0) is 20.1 Å². The van der Waals surface area contributed by atoms with Crippen LogP contribution in [-0.4, -0.2) is 28.3 Å². The predicted molar refractivity (Wildman–Crippen MR) is 128 cm³/mol. The summed E-state index contributed by atoms with van der Waals surface area (Å²) < 4.78 is 49.2. The first-order valence-corrected chi connectivity index (χ1v) is 11.6. The van der Waals surface area contributed by atoms with Crippen molar-refractivity contribution in [3.8, 4) is 0 Å². The van der Waals surface area contributed by atoms with Crippen LogP contribution >= 0.6 is 23.1 Å². The number of hydrogen-bond acceptors (Lipinski definition) is 7. The van der Waals surface area contributed by atoms with E-state index in [2.05, 4.69) is 19.8 Å². The maximum Gasteiger partial charge on any atom is 0.355 e. The Bertz CT molecular complexity index is 1730. The molecular weight excluding hydrogens is 519 g/mol. The fourth-order valence-electron chi connectivity index (χ4n) is 3.62. The van der Waals surface area contributed by atoms with Gasteiger partial charge in [0.1, 0.15) is 5.82 Å². The van der Waals surface area contributed by atoms with Crippen molar-refractivity contribution in [2.75, 3.05) is 5.32 Å². The molecule has 0 unspecified atom stereocenters. The molecule has 0 bridgehead atoms. The molecule has 0 saturated carbocycles. The van der Waals surface area contributed by atoms with Crippen LogP contribution in [0, 0.1) is 17.5 Å². The standard InChI is InChI=1S/C22H15ClF3N7O2S/c1-31-8-12-5-19(14(23)6-18(12)29-31)27-20-28-21(34)33(10-13-2-3-36-30-13)22(35)32(20)9-11-4-16(25)17(26)7-15(11)24/h2-8H,9-10H2,1H3,(H,27,28,34). The molecule has 0 spiro atoms. The van der Waals surface area contributed by atoms with E-state index in [-0.39, 0.29) is 23.1 Å². The maximum absolute atomic E-state index is 14.5. The van der Waals surface area contributed by atoms with E-state index in [0.717, 1.165) is 20.7 Å². The summed E-state index contributed by atoms with van der Waals surface area (Å²) in [7, 11) is 1.73. The first kappa shape index (κ1) is 23.8. The van der Waals surface area contributed by atoms with Crippen LogP contribution in [0.15, 0.2) is 51.5 Å². The molecular formula is C22H15ClF3N7O2S. The van der Waals surface area contributed by atoms with Crippen molar-refractivity contribution in [1.29, 1.82) is 0 Å². The molecule has 14 heteroatoms. The van der Waals surface area contributed by atoms with Gasteiger partial charge in [-0.05, 0) is 35.8 Å². The van der Waals surface area contributed by atoms with Crippen LogP contribution in [0.25, 0.3) is 10.9 Å². The summed E-state index contributed by atoms with van der Waals surface area (Å²) >= 11 is 7.51. The largest absolute Gasteiger partial charge is 0.355 e. The molecule has 184 valence electrons. The Morgan fingerprint density at radius 2 is 1.81 bits per heavy atom. The van der Waals surface area contributed by atoms with Crippen molar-refractivity contribution in [2.45, 2.75) is 13.1 Å². The van der Waals surface area contributed by atoms with Crippen LogP contribution in [0.3, 0.4) is 0 Å². The van der Waals surface area contributed by atoms with Crippen molar-refractivity contribution in [3.05, 3.63) is 96.6 Å². The number of aryl methyl sites for hydroxylation is 1. The van der Waals surface area contributed by atoms with Gasteiger partial charge in [0.2, 0.25) is 5.95 Å². The summed E-state index contributed by atoms with van der Waals surface area (Å²) in [5.74, 6) is -4.00. The molecule has 0 radical (unpaired) electrons. The zero-order valence-electron chi connectivity index (χ0n) is 18.4. The van der Waals surface area contributed by atoms with E-state index in [1.54, 1.807) is 41.5 Å². The Morgan fingerprint density at radius 1 is 1.03 bits per heavy atom. The summed E-state index contributed by atoms with van der Waals surface area (Å²) in [5.41, 5.74) is -0.740. The Balaban J connectivity index is 1.65. The fraction of sp³-hybridized carbons (Fsp3) is 0.136. The molecule has 5 aromatic rings. The monoisotopic (exact) mass is 533 g/mol. The highest BCUT2D eigenvalue weighted by Gasteiger charge is 2.19. The third kappa shape index (κ3) is 4.50. The Labute approximate surface area is 209 Å². The van der Waals surface area contributed by atoms with Crippen molar-refractivity contribution < 1.29 is 13.2 Å². The van der Waals surface area contributed by atoms with E-state index < -0.39 is 35.4 Å². The number of benzene rings is 2. The molecule has 1 N–H and O–H groups in total. The van der Waals surface area contributed by atoms with E-state index in [1.165, 1.54) is 0 Å². The summed E-state index contributed by atoms with van der Waals surface area (Å²) in [6, 6.07) is 5.88. The van der Waals surface area contributed by atoms with Gasteiger partial charge in [-0.25, -0.2) is 27.3 Å². The molecule has 0 saturated heterocycles. The van der Waals surface area contributed by atoms with E-state index in [1.807, 2.05) is 0 Å². The number of aromatic nitrogens is 6. The smallest absolute Gasteiger partial charge is 0.324 e. The molecule has 9 nitrogen and oxygen atoms in total. The van der Waals surface area contributed by atoms with E-state index in [9.17, 15) is 22.8 Å². The summed E-state index contributed by atoms with van der Waals surface area (Å²) in [5, 5.41) is 9.71. The predicted octanol–water partition coefficient (Wildman–Crippen LogP) is 3.66. The quantitative estimate of drug-likeness (QED) is 0.334. The summed E-state index contributed by atoms with van der Waals surface area (Å²) in [6.45, 7) is -0.738. The van der Waals surface area contributed by atoms with Crippen molar-refractivity contribution >= 4 is 45.7 Å². The van der Waals surface area contributed by atoms with Gasteiger partial charge in [0, 0.05) is 35.6 Å². The van der Waals surface area contributed by atoms with Gasteiger partial charge in [0.15, 0.2) is 11.6 Å². The molecule has 0 aliphatic rings. The third-order valence-corrected chi connectivity index (χ3v) is 6.24. The van der Waals surface area contributed by atoms with Crippen LogP contribution in [0.5, 0.6) is 0 Å². The average Bonchev–Trinajstić information content (AvgIpc) is 3.46. The molecule has 0 amide bonds. The first-order valence-electron chi connectivity index (χ1n) is 10.3. The number of halogens is 4. The van der Waals surface area contributed by atoms with Crippen molar-refractivity contribution in [2.24, 2.45) is 7.05 Å². The zero-order valence-corrected chi connectivity index (χ0v) is 19.9. The molecule has 36 heavy (non-hydrogen) atoms. The molecule has 0 fully saturated rings. The van der Waals surface area contributed by atoms with Crippen LogP contribution < -0.4 is 16.7 Å². The lowest BCUT2D eigenvalue weighted by atomic mass is 10.2. The van der Waals surface area contributed by atoms with Crippen molar-refractivity contribution in [3.63, 3.8) is 0 Å². The van der Waals surface area contributed by atoms with Crippen LogP contribution in [0.2, 0.25) is 5.02 Å². The summed E-state index contributed by atoms with van der Waals surface area (Å²) in [6.07, 6.45) is 1.74. The number of rotatable bonds is 6. The lowest BCUT2D eigenvalue weighted by Crippen LogP contribution is -2.43. The zero-order chi connectivity index (χ0) is 25.6. The van der Waals surface area contributed by atoms with Gasteiger partial charge in [-0.2, -0.15) is 14.5 Å². The average molecular weight is 534 g/mol. The molecule has 2 aromatic carbocycles. The lowest BCUT2D eigenvalue weighted by Gasteiger charge is -2.16. The van der Waals surface area contributed by atoms with Gasteiger partial charge in [-0.15, -0.1) is 0 Å². The molecule has 5 rings (SSSR count). The SMILES string of the molecule is Cn1cc2cc(Nc3nc(=O)n(Cc4ccsn4)c(=O)n3Cc3cc(F)c(F)cc3F)c(Cl)cc2n1. The normalized spacial score (nSPS) is 11.4. The summed E-state index contributed by atoms with van der Waals surface area (Å²) in [4.78, 5) is 30.1. The number of fused-ring (bicyclic) bond motifs is 1. The van der Waals surface area contributed by atoms with Gasteiger partial charge >= 0.3 is 11.4 Å². The Hall–Kier alpha value is -3.97. The molecule has 3 heterocycles. The highest BCUT2D eigenvalue weighted by atomic mass is 35.5. The third-order valence-electron chi connectivity index (χ3n) is 5.33. The van der Waals surface area contributed by atoms with E-state index in [0.29, 0.717) is 34.4 Å². The Kier molecular flexibility index (Phi) is 6.10. The topological polar surface area (TPSA) is 99.6 Å². The Morgan fingerprint density at radius 3 is 2.56 bits per heavy atom. The second-order valence-electron chi connectivity index (χ2n) is 7.84. The maximum atomic E-state index is 14.5. The highest BCUT2D eigenvalue weighted by molar-refractivity contribution is 7.03. The van der Waals surface area contributed by atoms with Gasteiger partial charge < -0.3 is 5.32 Å². The number of anilines is 2. The molecule has 0 aliphatic heterocycles. The second-order valence-corrected chi connectivity index (χ2v) is 8.91. The minimum Gasteiger partial charge on any atom is -0.324 e. The minimum atomic E-state index is -1.37.